The van der Waals surface area contributed by atoms with Gasteiger partial charge in [-0.3, -0.25) is 4.79 Å². The molecule has 0 aliphatic carbocycles. The minimum Gasteiger partial charge on any atom is -0.481 e. The number of urea groups is 1. The fraction of sp³-hybridized carbons (Fsp3) is 0.389. The smallest absolute Gasteiger partial charge is 0.317 e. The zero-order valence-corrected chi connectivity index (χ0v) is 14.3. The Morgan fingerprint density at radius 3 is 2.72 bits per heavy atom. The first-order valence-electron chi connectivity index (χ1n) is 8.15. The summed E-state index contributed by atoms with van der Waals surface area (Å²) in [5, 5.41) is 12.0. The number of aliphatic carboxylic acids is 1. The van der Waals surface area contributed by atoms with Gasteiger partial charge in [-0.25, -0.2) is 9.78 Å². The fourth-order valence-electron chi connectivity index (χ4n) is 2.80. The van der Waals surface area contributed by atoms with Gasteiger partial charge < -0.3 is 19.7 Å². The Hall–Kier alpha value is -2.83. The number of carbonyl (C=O) groups excluding carboxylic acids is 1. The summed E-state index contributed by atoms with van der Waals surface area (Å²) in [6.45, 7) is 4.54. The molecule has 7 heteroatoms. The zero-order valence-electron chi connectivity index (χ0n) is 14.3. The first-order chi connectivity index (χ1) is 11.9. The van der Waals surface area contributed by atoms with Crippen molar-refractivity contribution < 1.29 is 19.1 Å². The zero-order chi connectivity index (χ0) is 18.0. The minimum absolute atomic E-state index is 0.210. The predicted octanol–water partition coefficient (Wildman–Crippen LogP) is 2.66. The van der Waals surface area contributed by atoms with Gasteiger partial charge in [0.1, 0.15) is 6.26 Å². The molecule has 1 atom stereocenters. The number of aromatic nitrogens is 1. The Bertz CT molecular complexity index is 784. The van der Waals surface area contributed by atoms with E-state index in [-0.39, 0.29) is 19.1 Å². The van der Waals surface area contributed by atoms with Crippen LogP contribution in [0.1, 0.15) is 24.6 Å². The van der Waals surface area contributed by atoms with Gasteiger partial charge in [-0.2, -0.15) is 0 Å². The van der Waals surface area contributed by atoms with Crippen molar-refractivity contribution in [1.29, 1.82) is 0 Å². The molecule has 1 unspecified atom stereocenters. The van der Waals surface area contributed by atoms with Crippen molar-refractivity contribution in [2.45, 2.75) is 26.8 Å². The van der Waals surface area contributed by atoms with Gasteiger partial charge in [0.15, 0.2) is 0 Å². The van der Waals surface area contributed by atoms with E-state index in [2.05, 4.69) is 10.3 Å². The number of nitrogens with zero attached hydrogens (tertiary/aromatic N) is 2. The minimum atomic E-state index is -0.873. The highest BCUT2D eigenvalue weighted by atomic mass is 16.4. The number of carbonyl (C=O) groups is 2. The van der Waals surface area contributed by atoms with Gasteiger partial charge in [0.25, 0.3) is 0 Å². The molecule has 2 amide bonds. The number of likely N-dealkylation sites (tertiary alicyclic amines) is 1. The number of rotatable bonds is 4. The second-order valence-electron chi connectivity index (χ2n) is 6.71. The fourth-order valence-corrected chi connectivity index (χ4v) is 2.80. The lowest BCUT2D eigenvalue weighted by Crippen LogP contribution is -2.40. The molecule has 0 spiro atoms. The molecule has 25 heavy (non-hydrogen) atoms. The molecule has 1 aromatic heterocycles. The number of amides is 2. The number of hydrogen-bond acceptors (Lipinski definition) is 4. The second kappa shape index (κ2) is 6.58. The quantitative estimate of drug-likeness (QED) is 0.890. The normalized spacial score (nSPS) is 19.8. The Morgan fingerprint density at radius 2 is 2.08 bits per heavy atom. The summed E-state index contributed by atoms with van der Waals surface area (Å²) in [6, 6.07) is 7.53. The van der Waals surface area contributed by atoms with E-state index in [4.69, 9.17) is 4.42 Å². The van der Waals surface area contributed by atoms with E-state index in [1.807, 2.05) is 31.2 Å². The maximum Gasteiger partial charge on any atom is 0.317 e. The van der Waals surface area contributed by atoms with Crippen LogP contribution in [0.15, 0.2) is 34.9 Å². The lowest BCUT2D eigenvalue weighted by atomic mass is 9.90. The largest absolute Gasteiger partial charge is 0.481 e. The third kappa shape index (κ3) is 3.65. The summed E-state index contributed by atoms with van der Waals surface area (Å²) in [5.74, 6) is -0.370. The topological polar surface area (TPSA) is 95.7 Å². The van der Waals surface area contributed by atoms with E-state index in [1.165, 1.54) is 11.2 Å². The Kier molecular flexibility index (Phi) is 4.48. The number of carboxylic acid groups (broad SMARTS) is 1. The predicted molar refractivity (Wildman–Crippen MR) is 90.8 cm³/mol. The van der Waals surface area contributed by atoms with Crippen LogP contribution in [0.5, 0.6) is 0 Å². The highest BCUT2D eigenvalue weighted by Crippen LogP contribution is 2.30. The van der Waals surface area contributed by atoms with Crippen LogP contribution in [0, 0.1) is 12.3 Å². The average Bonchev–Trinajstić information content (AvgIpc) is 3.21. The van der Waals surface area contributed by atoms with Crippen LogP contribution < -0.4 is 5.32 Å². The Balaban J connectivity index is 1.57. The van der Waals surface area contributed by atoms with Gasteiger partial charge in [-0.15, -0.1) is 0 Å². The van der Waals surface area contributed by atoms with Gasteiger partial charge in [0, 0.05) is 18.7 Å². The van der Waals surface area contributed by atoms with Crippen molar-refractivity contribution in [1.82, 2.24) is 15.2 Å². The molecule has 1 aromatic carbocycles. The SMILES string of the molecule is Cc1ccc(-c2nc(CNC(=O)N3CCC(C)(C(=O)O)C3)co2)cc1. The summed E-state index contributed by atoms with van der Waals surface area (Å²) in [5.41, 5.74) is 1.77. The van der Waals surface area contributed by atoms with Gasteiger partial charge in [-0.1, -0.05) is 17.7 Å². The molecule has 2 heterocycles. The molecule has 132 valence electrons. The van der Waals surface area contributed by atoms with Crippen LogP contribution in [0.3, 0.4) is 0 Å². The van der Waals surface area contributed by atoms with Crippen molar-refractivity contribution >= 4 is 12.0 Å². The number of benzene rings is 1. The van der Waals surface area contributed by atoms with Crippen LogP contribution in [0.4, 0.5) is 4.79 Å². The van der Waals surface area contributed by atoms with E-state index >= 15 is 0 Å². The number of oxazole rings is 1. The number of hydrogen-bond donors (Lipinski definition) is 2. The van der Waals surface area contributed by atoms with Crippen molar-refractivity contribution in [3.8, 4) is 11.5 Å². The maximum absolute atomic E-state index is 12.2. The molecule has 7 nitrogen and oxygen atoms in total. The molecule has 0 saturated carbocycles. The van der Waals surface area contributed by atoms with Crippen molar-refractivity contribution in [2.75, 3.05) is 13.1 Å². The van der Waals surface area contributed by atoms with Crippen molar-refractivity contribution in [2.24, 2.45) is 5.41 Å². The third-order valence-corrected chi connectivity index (χ3v) is 4.55. The lowest BCUT2D eigenvalue weighted by Gasteiger charge is -2.20. The van der Waals surface area contributed by atoms with Crippen LogP contribution in [-0.4, -0.2) is 40.1 Å². The first-order valence-corrected chi connectivity index (χ1v) is 8.15. The van der Waals surface area contributed by atoms with Crippen LogP contribution in [-0.2, 0) is 11.3 Å². The molecule has 0 bridgehead atoms. The summed E-state index contributed by atoms with van der Waals surface area (Å²) in [7, 11) is 0. The molecular formula is C18H21N3O4. The summed E-state index contributed by atoms with van der Waals surface area (Å²) >= 11 is 0. The molecule has 0 radical (unpaired) electrons. The highest BCUT2D eigenvalue weighted by Gasteiger charge is 2.42. The van der Waals surface area contributed by atoms with Crippen LogP contribution in [0.25, 0.3) is 11.5 Å². The average molecular weight is 343 g/mol. The summed E-state index contributed by atoms with van der Waals surface area (Å²) in [4.78, 5) is 29.3. The van der Waals surface area contributed by atoms with Crippen LogP contribution in [0.2, 0.25) is 0 Å². The van der Waals surface area contributed by atoms with E-state index < -0.39 is 11.4 Å². The molecule has 2 aromatic rings. The Morgan fingerprint density at radius 1 is 1.36 bits per heavy atom. The van der Waals surface area contributed by atoms with Gasteiger partial charge in [0.2, 0.25) is 5.89 Å². The monoisotopic (exact) mass is 343 g/mol. The number of nitrogens with one attached hydrogen (secondary N) is 1. The second-order valence-corrected chi connectivity index (χ2v) is 6.71. The molecule has 2 N–H and O–H groups in total. The van der Waals surface area contributed by atoms with Crippen molar-refractivity contribution in [3.63, 3.8) is 0 Å². The third-order valence-electron chi connectivity index (χ3n) is 4.55. The number of aryl methyl sites for hydroxylation is 1. The molecule has 3 rings (SSSR count). The molecule has 1 aliphatic rings. The summed E-state index contributed by atoms with van der Waals surface area (Å²) < 4.78 is 5.46. The first kappa shape index (κ1) is 17.0. The molecule has 1 fully saturated rings. The van der Waals surface area contributed by atoms with Gasteiger partial charge in [0.05, 0.1) is 17.7 Å². The summed E-state index contributed by atoms with van der Waals surface area (Å²) in [6.07, 6.45) is 1.97. The molecule has 1 saturated heterocycles. The molecule has 1 aliphatic heterocycles. The van der Waals surface area contributed by atoms with E-state index in [0.29, 0.717) is 24.6 Å². The number of carboxylic acids is 1. The van der Waals surface area contributed by atoms with E-state index in [9.17, 15) is 14.7 Å². The van der Waals surface area contributed by atoms with Gasteiger partial charge >= 0.3 is 12.0 Å². The lowest BCUT2D eigenvalue weighted by molar-refractivity contribution is -0.147. The highest BCUT2D eigenvalue weighted by molar-refractivity contribution is 5.79. The molecular weight excluding hydrogens is 322 g/mol. The van der Waals surface area contributed by atoms with E-state index in [1.54, 1.807) is 6.92 Å². The van der Waals surface area contributed by atoms with Crippen LogP contribution >= 0.6 is 0 Å². The van der Waals surface area contributed by atoms with E-state index in [0.717, 1.165) is 11.1 Å². The Labute approximate surface area is 145 Å². The van der Waals surface area contributed by atoms with Gasteiger partial charge in [-0.05, 0) is 32.4 Å². The maximum atomic E-state index is 12.2. The standard InChI is InChI=1S/C18H21N3O4/c1-12-3-5-13(6-4-12)15-20-14(10-25-15)9-19-17(24)21-8-7-18(2,11-21)16(22)23/h3-6,10H,7-9,11H2,1-2H3,(H,19,24)(H,22,23). The van der Waals surface area contributed by atoms with Crippen molar-refractivity contribution in [3.05, 3.63) is 41.8 Å².